The minimum atomic E-state index is -0.769. The van der Waals surface area contributed by atoms with Crippen molar-refractivity contribution in [3.63, 3.8) is 0 Å². The number of nitrogen functional groups attached to an aromatic ring is 1. The quantitative estimate of drug-likeness (QED) is 0.760. The lowest BCUT2D eigenvalue weighted by Crippen LogP contribution is -2.54. The van der Waals surface area contributed by atoms with Gasteiger partial charge in [0.25, 0.3) is 5.91 Å². The van der Waals surface area contributed by atoms with Crippen molar-refractivity contribution < 1.29 is 14.3 Å². The van der Waals surface area contributed by atoms with Crippen LogP contribution in [0.2, 0.25) is 5.02 Å². The number of amides is 2. The van der Waals surface area contributed by atoms with Crippen LogP contribution in [-0.4, -0.2) is 42.5 Å². The summed E-state index contributed by atoms with van der Waals surface area (Å²) in [7, 11) is 0. The zero-order valence-corrected chi connectivity index (χ0v) is 10.9. The fourth-order valence-electron chi connectivity index (χ4n) is 1.94. The minimum Gasteiger partial charge on any atom is -0.399 e. The standard InChI is InChI=1S/C12H14ClN3O3/c13-9-5-7(14)1-2-8(9)12(18)16-3-4-19-6-10(16)11(15)17/h1-2,5,10H,3-4,6,14H2,(H2,15,17). The molecule has 0 aliphatic carbocycles. The first-order chi connectivity index (χ1) is 9.00. The third kappa shape index (κ3) is 2.80. The van der Waals surface area contributed by atoms with Crippen molar-refractivity contribution in [3.05, 3.63) is 28.8 Å². The summed E-state index contributed by atoms with van der Waals surface area (Å²) in [5, 5.41) is 0.250. The number of halogens is 1. The molecule has 1 saturated heterocycles. The average molecular weight is 284 g/mol. The van der Waals surface area contributed by atoms with E-state index in [-0.39, 0.29) is 17.5 Å². The predicted molar refractivity (Wildman–Crippen MR) is 70.7 cm³/mol. The molecule has 0 saturated carbocycles. The number of nitrogens with zero attached hydrogens (tertiary/aromatic N) is 1. The number of anilines is 1. The van der Waals surface area contributed by atoms with Gasteiger partial charge in [0, 0.05) is 12.2 Å². The molecule has 1 aromatic carbocycles. The molecular weight excluding hydrogens is 270 g/mol. The Labute approximate surface area is 115 Å². The predicted octanol–water partition coefficient (Wildman–Crippen LogP) is 0.249. The highest BCUT2D eigenvalue weighted by Crippen LogP contribution is 2.22. The number of benzene rings is 1. The second-order valence-electron chi connectivity index (χ2n) is 4.23. The molecule has 0 bridgehead atoms. The number of morpholine rings is 1. The van der Waals surface area contributed by atoms with E-state index in [1.807, 2.05) is 0 Å². The second kappa shape index (κ2) is 5.46. The highest BCUT2D eigenvalue weighted by atomic mass is 35.5. The van der Waals surface area contributed by atoms with Crippen molar-refractivity contribution in [2.75, 3.05) is 25.5 Å². The van der Waals surface area contributed by atoms with Gasteiger partial charge in [0.1, 0.15) is 6.04 Å². The maximum Gasteiger partial charge on any atom is 0.256 e. The molecule has 102 valence electrons. The molecule has 1 aromatic rings. The Morgan fingerprint density at radius 1 is 1.42 bits per heavy atom. The Balaban J connectivity index is 2.28. The van der Waals surface area contributed by atoms with Crippen molar-refractivity contribution in [2.24, 2.45) is 5.73 Å². The molecule has 1 fully saturated rings. The first-order valence-corrected chi connectivity index (χ1v) is 6.11. The van der Waals surface area contributed by atoms with E-state index in [0.29, 0.717) is 24.4 Å². The van der Waals surface area contributed by atoms with E-state index in [9.17, 15) is 9.59 Å². The number of primary amides is 1. The summed E-state index contributed by atoms with van der Waals surface area (Å²) in [6, 6.07) is 3.84. The Hall–Kier alpha value is -1.79. The van der Waals surface area contributed by atoms with Gasteiger partial charge in [0.2, 0.25) is 5.91 Å². The molecule has 6 nitrogen and oxygen atoms in total. The number of nitrogens with two attached hydrogens (primary N) is 2. The van der Waals surface area contributed by atoms with Gasteiger partial charge in [-0.15, -0.1) is 0 Å². The van der Waals surface area contributed by atoms with Crippen LogP contribution in [0.25, 0.3) is 0 Å². The molecule has 0 spiro atoms. The molecule has 19 heavy (non-hydrogen) atoms. The van der Waals surface area contributed by atoms with E-state index in [0.717, 1.165) is 0 Å². The van der Waals surface area contributed by atoms with E-state index in [1.54, 1.807) is 6.07 Å². The van der Waals surface area contributed by atoms with Crippen molar-refractivity contribution >= 4 is 29.1 Å². The highest BCUT2D eigenvalue weighted by molar-refractivity contribution is 6.34. The first kappa shape index (κ1) is 13.6. The summed E-state index contributed by atoms with van der Waals surface area (Å²) in [4.78, 5) is 25.1. The van der Waals surface area contributed by atoms with Gasteiger partial charge in [-0.1, -0.05) is 11.6 Å². The zero-order valence-electron chi connectivity index (χ0n) is 10.1. The molecule has 0 aromatic heterocycles. The number of hydrogen-bond acceptors (Lipinski definition) is 4. The molecule has 7 heteroatoms. The Bertz CT molecular complexity index is 521. The van der Waals surface area contributed by atoms with E-state index in [2.05, 4.69) is 0 Å². The monoisotopic (exact) mass is 283 g/mol. The van der Waals surface area contributed by atoms with Gasteiger partial charge in [0.15, 0.2) is 0 Å². The summed E-state index contributed by atoms with van der Waals surface area (Å²) in [6.45, 7) is 0.767. The number of rotatable bonds is 2. The third-order valence-corrected chi connectivity index (χ3v) is 3.25. The number of carbonyl (C=O) groups is 2. The smallest absolute Gasteiger partial charge is 0.256 e. The molecule has 1 atom stereocenters. The van der Waals surface area contributed by atoms with E-state index in [1.165, 1.54) is 17.0 Å². The van der Waals surface area contributed by atoms with Crippen LogP contribution in [0, 0.1) is 0 Å². The first-order valence-electron chi connectivity index (χ1n) is 5.73. The van der Waals surface area contributed by atoms with Crippen LogP contribution in [0.15, 0.2) is 18.2 Å². The zero-order chi connectivity index (χ0) is 14.0. The van der Waals surface area contributed by atoms with Crippen molar-refractivity contribution in [1.29, 1.82) is 0 Å². The molecule has 1 unspecified atom stereocenters. The van der Waals surface area contributed by atoms with Gasteiger partial charge in [-0.25, -0.2) is 0 Å². The summed E-state index contributed by atoms with van der Waals surface area (Å²) >= 11 is 6.00. The van der Waals surface area contributed by atoms with Gasteiger partial charge in [-0.2, -0.15) is 0 Å². The Kier molecular flexibility index (Phi) is 3.92. The van der Waals surface area contributed by atoms with E-state index in [4.69, 9.17) is 27.8 Å². The molecule has 1 heterocycles. The molecule has 2 rings (SSSR count). The van der Waals surface area contributed by atoms with Gasteiger partial charge < -0.3 is 21.1 Å². The van der Waals surface area contributed by atoms with Crippen LogP contribution in [-0.2, 0) is 9.53 Å². The van der Waals surface area contributed by atoms with Gasteiger partial charge in [0.05, 0.1) is 23.8 Å². The van der Waals surface area contributed by atoms with Crippen LogP contribution >= 0.6 is 11.6 Å². The van der Waals surface area contributed by atoms with Crippen LogP contribution in [0.3, 0.4) is 0 Å². The summed E-state index contributed by atoms with van der Waals surface area (Å²) in [5.41, 5.74) is 11.6. The van der Waals surface area contributed by atoms with Crippen molar-refractivity contribution in [1.82, 2.24) is 4.90 Å². The molecule has 1 aliphatic rings. The number of hydrogen-bond donors (Lipinski definition) is 2. The lowest BCUT2D eigenvalue weighted by molar-refractivity contribution is -0.127. The third-order valence-electron chi connectivity index (χ3n) is 2.94. The molecular formula is C12H14ClN3O3. The average Bonchev–Trinajstić information content (AvgIpc) is 2.38. The normalized spacial score (nSPS) is 19.2. The topological polar surface area (TPSA) is 98.7 Å². The lowest BCUT2D eigenvalue weighted by atomic mass is 10.1. The molecule has 0 radical (unpaired) electrons. The van der Waals surface area contributed by atoms with Crippen LogP contribution in [0.4, 0.5) is 5.69 Å². The van der Waals surface area contributed by atoms with Gasteiger partial charge in [-0.05, 0) is 18.2 Å². The minimum absolute atomic E-state index is 0.105. The number of carbonyl (C=O) groups excluding carboxylic acids is 2. The van der Waals surface area contributed by atoms with Crippen LogP contribution in [0.5, 0.6) is 0 Å². The highest BCUT2D eigenvalue weighted by Gasteiger charge is 2.32. The van der Waals surface area contributed by atoms with Crippen LogP contribution in [0.1, 0.15) is 10.4 Å². The fourth-order valence-corrected chi connectivity index (χ4v) is 2.21. The summed E-state index contributed by atoms with van der Waals surface area (Å²) in [6.07, 6.45) is 0. The molecule has 4 N–H and O–H groups in total. The van der Waals surface area contributed by atoms with E-state index < -0.39 is 11.9 Å². The maximum absolute atomic E-state index is 12.4. The van der Waals surface area contributed by atoms with Crippen molar-refractivity contribution in [2.45, 2.75) is 6.04 Å². The fraction of sp³-hybridized carbons (Fsp3) is 0.333. The van der Waals surface area contributed by atoms with Gasteiger partial charge in [-0.3, -0.25) is 9.59 Å². The van der Waals surface area contributed by atoms with Crippen LogP contribution < -0.4 is 11.5 Å². The number of ether oxygens (including phenoxy) is 1. The Morgan fingerprint density at radius 3 is 2.79 bits per heavy atom. The van der Waals surface area contributed by atoms with Gasteiger partial charge >= 0.3 is 0 Å². The second-order valence-corrected chi connectivity index (χ2v) is 4.64. The lowest BCUT2D eigenvalue weighted by Gasteiger charge is -2.33. The SMILES string of the molecule is NC(=O)C1COCCN1C(=O)c1ccc(N)cc1Cl. The van der Waals surface area contributed by atoms with E-state index >= 15 is 0 Å². The Morgan fingerprint density at radius 2 is 2.16 bits per heavy atom. The van der Waals surface area contributed by atoms with Crippen molar-refractivity contribution in [3.8, 4) is 0 Å². The summed E-state index contributed by atoms with van der Waals surface area (Å²) < 4.78 is 5.16. The molecule has 1 aliphatic heterocycles. The maximum atomic E-state index is 12.4. The molecule has 2 amide bonds. The summed E-state index contributed by atoms with van der Waals surface area (Å²) in [5.74, 6) is -0.947. The largest absolute Gasteiger partial charge is 0.399 e.